The lowest BCUT2D eigenvalue weighted by Crippen LogP contribution is -2.42. The summed E-state index contributed by atoms with van der Waals surface area (Å²) in [4.78, 5) is 2.39. The molecule has 0 radical (unpaired) electrons. The zero-order chi connectivity index (χ0) is 14.2. The van der Waals surface area contributed by atoms with Gasteiger partial charge >= 0.3 is 0 Å². The molecule has 2 rings (SSSR count). The summed E-state index contributed by atoms with van der Waals surface area (Å²) in [5.74, 6) is 0. The monoisotopic (exact) mass is 276 g/mol. The molecule has 0 saturated carbocycles. The average Bonchev–Trinajstić information content (AvgIpc) is 2.49. The Morgan fingerprint density at radius 2 is 2.10 bits per heavy atom. The van der Waals surface area contributed by atoms with Crippen molar-refractivity contribution in [1.82, 2.24) is 10.2 Å². The number of hydrogen-bond donors (Lipinski definition) is 2. The maximum atomic E-state index is 9.31. The number of hydrogen-bond acceptors (Lipinski definition) is 3. The van der Waals surface area contributed by atoms with Gasteiger partial charge in [-0.3, -0.25) is 4.90 Å². The van der Waals surface area contributed by atoms with Gasteiger partial charge in [-0.05, 0) is 38.3 Å². The van der Waals surface area contributed by atoms with E-state index in [0.717, 1.165) is 19.6 Å². The minimum atomic E-state index is 0.231. The summed E-state index contributed by atoms with van der Waals surface area (Å²) < 4.78 is 0. The van der Waals surface area contributed by atoms with E-state index in [1.807, 2.05) is 0 Å². The molecule has 2 atom stereocenters. The third-order valence-electron chi connectivity index (χ3n) is 4.28. The van der Waals surface area contributed by atoms with Crippen LogP contribution in [0.1, 0.15) is 38.2 Å². The van der Waals surface area contributed by atoms with Gasteiger partial charge in [0.05, 0.1) is 6.61 Å². The topological polar surface area (TPSA) is 35.5 Å². The summed E-state index contributed by atoms with van der Waals surface area (Å²) >= 11 is 0. The molecule has 2 N–H and O–H groups in total. The minimum Gasteiger partial charge on any atom is -0.395 e. The molecule has 20 heavy (non-hydrogen) atoms. The Kier molecular flexibility index (Phi) is 6.51. The van der Waals surface area contributed by atoms with E-state index in [2.05, 4.69) is 47.5 Å². The second-order valence-electron chi connectivity index (χ2n) is 5.91. The second kappa shape index (κ2) is 8.40. The first kappa shape index (κ1) is 15.5. The van der Waals surface area contributed by atoms with E-state index in [-0.39, 0.29) is 6.61 Å². The lowest BCUT2D eigenvalue weighted by atomic mass is 9.98. The summed E-state index contributed by atoms with van der Waals surface area (Å²) in [6.45, 7) is 5.36. The van der Waals surface area contributed by atoms with Crippen LogP contribution in [-0.4, -0.2) is 41.8 Å². The second-order valence-corrected chi connectivity index (χ2v) is 5.91. The molecule has 1 aromatic carbocycles. The number of nitrogens with zero attached hydrogens (tertiary/aromatic N) is 1. The van der Waals surface area contributed by atoms with E-state index >= 15 is 0 Å². The van der Waals surface area contributed by atoms with E-state index < -0.39 is 0 Å². The van der Waals surface area contributed by atoms with Crippen LogP contribution in [0.25, 0.3) is 0 Å². The van der Waals surface area contributed by atoms with Gasteiger partial charge in [0, 0.05) is 25.2 Å². The predicted molar refractivity (Wildman–Crippen MR) is 83.7 cm³/mol. The molecule has 1 aromatic rings. The van der Waals surface area contributed by atoms with Crippen molar-refractivity contribution >= 4 is 0 Å². The Morgan fingerprint density at radius 1 is 1.30 bits per heavy atom. The average molecular weight is 276 g/mol. The summed E-state index contributed by atoms with van der Waals surface area (Å²) in [5.41, 5.74) is 1.32. The quantitative estimate of drug-likeness (QED) is 0.803. The first-order valence-corrected chi connectivity index (χ1v) is 7.92. The molecule has 1 aliphatic heterocycles. The van der Waals surface area contributed by atoms with Crippen molar-refractivity contribution in [1.29, 1.82) is 0 Å². The standard InChI is InChI=1S/C17H28N2O/c1-15(13-17-9-5-6-10-18-17)19(11-12-20)14-16-7-3-2-4-8-16/h2-4,7-8,15,17-18,20H,5-6,9-14H2,1H3. The van der Waals surface area contributed by atoms with Crippen LogP contribution in [0, 0.1) is 0 Å². The van der Waals surface area contributed by atoms with Crippen LogP contribution in [0.3, 0.4) is 0 Å². The van der Waals surface area contributed by atoms with Crippen LogP contribution in [0.5, 0.6) is 0 Å². The maximum Gasteiger partial charge on any atom is 0.0558 e. The van der Waals surface area contributed by atoms with Gasteiger partial charge in [0.2, 0.25) is 0 Å². The molecule has 2 unspecified atom stereocenters. The van der Waals surface area contributed by atoms with Crippen LogP contribution < -0.4 is 5.32 Å². The smallest absolute Gasteiger partial charge is 0.0558 e. The summed E-state index contributed by atoms with van der Waals surface area (Å²) in [6, 6.07) is 11.7. The van der Waals surface area contributed by atoms with Crippen molar-refractivity contribution in [2.45, 2.75) is 51.2 Å². The van der Waals surface area contributed by atoms with Gasteiger partial charge in [-0.15, -0.1) is 0 Å². The number of aliphatic hydroxyl groups excluding tert-OH is 1. The third-order valence-corrected chi connectivity index (χ3v) is 4.28. The fourth-order valence-corrected chi connectivity index (χ4v) is 3.09. The zero-order valence-corrected chi connectivity index (χ0v) is 12.6. The lowest BCUT2D eigenvalue weighted by Gasteiger charge is -2.33. The van der Waals surface area contributed by atoms with Crippen molar-refractivity contribution in [2.24, 2.45) is 0 Å². The van der Waals surface area contributed by atoms with E-state index in [0.29, 0.717) is 12.1 Å². The van der Waals surface area contributed by atoms with Crippen LogP contribution in [0.2, 0.25) is 0 Å². The Hall–Kier alpha value is -0.900. The van der Waals surface area contributed by atoms with Crippen LogP contribution >= 0.6 is 0 Å². The first-order chi connectivity index (χ1) is 9.79. The lowest BCUT2D eigenvalue weighted by molar-refractivity contribution is 0.135. The summed E-state index contributed by atoms with van der Waals surface area (Å²) in [6.07, 6.45) is 5.13. The fourth-order valence-electron chi connectivity index (χ4n) is 3.09. The maximum absolute atomic E-state index is 9.31. The number of nitrogens with one attached hydrogen (secondary N) is 1. The van der Waals surface area contributed by atoms with Gasteiger partial charge in [-0.2, -0.15) is 0 Å². The zero-order valence-electron chi connectivity index (χ0n) is 12.6. The molecule has 0 bridgehead atoms. The molecule has 0 amide bonds. The predicted octanol–water partition coefficient (Wildman–Crippen LogP) is 2.40. The van der Waals surface area contributed by atoms with Crippen molar-refractivity contribution < 1.29 is 5.11 Å². The van der Waals surface area contributed by atoms with E-state index in [4.69, 9.17) is 0 Å². The van der Waals surface area contributed by atoms with Gasteiger partial charge in [-0.25, -0.2) is 0 Å². The minimum absolute atomic E-state index is 0.231. The van der Waals surface area contributed by atoms with Crippen molar-refractivity contribution in [3.8, 4) is 0 Å². The van der Waals surface area contributed by atoms with E-state index in [9.17, 15) is 5.11 Å². The highest BCUT2D eigenvalue weighted by molar-refractivity contribution is 5.14. The highest BCUT2D eigenvalue weighted by atomic mass is 16.3. The Morgan fingerprint density at radius 3 is 2.75 bits per heavy atom. The molecular formula is C17H28N2O. The van der Waals surface area contributed by atoms with Crippen LogP contribution in [0.15, 0.2) is 30.3 Å². The number of benzene rings is 1. The molecule has 3 nitrogen and oxygen atoms in total. The van der Waals surface area contributed by atoms with E-state index in [1.165, 1.54) is 31.2 Å². The highest BCUT2D eigenvalue weighted by Gasteiger charge is 2.20. The number of aliphatic hydroxyl groups is 1. The molecule has 1 heterocycles. The molecule has 3 heteroatoms. The Balaban J connectivity index is 1.89. The van der Waals surface area contributed by atoms with Gasteiger partial charge in [0.1, 0.15) is 0 Å². The third kappa shape index (κ3) is 4.89. The first-order valence-electron chi connectivity index (χ1n) is 7.92. The molecule has 1 aliphatic rings. The fraction of sp³-hybridized carbons (Fsp3) is 0.647. The SMILES string of the molecule is CC(CC1CCCCN1)N(CCO)Cc1ccccc1. The normalized spacial score (nSPS) is 21.1. The van der Waals surface area contributed by atoms with Gasteiger partial charge in [0.25, 0.3) is 0 Å². The van der Waals surface area contributed by atoms with Gasteiger partial charge < -0.3 is 10.4 Å². The van der Waals surface area contributed by atoms with Crippen molar-refractivity contribution in [3.05, 3.63) is 35.9 Å². The number of piperidine rings is 1. The van der Waals surface area contributed by atoms with E-state index in [1.54, 1.807) is 0 Å². The molecule has 0 aromatic heterocycles. The Labute approximate surface area is 123 Å². The summed E-state index contributed by atoms with van der Waals surface area (Å²) in [5, 5.41) is 12.9. The molecule has 1 fully saturated rings. The van der Waals surface area contributed by atoms with Crippen molar-refractivity contribution in [2.75, 3.05) is 19.7 Å². The van der Waals surface area contributed by atoms with Crippen LogP contribution in [-0.2, 0) is 6.54 Å². The van der Waals surface area contributed by atoms with Gasteiger partial charge in [0.15, 0.2) is 0 Å². The number of rotatable bonds is 7. The summed E-state index contributed by atoms with van der Waals surface area (Å²) in [7, 11) is 0. The van der Waals surface area contributed by atoms with Crippen molar-refractivity contribution in [3.63, 3.8) is 0 Å². The van der Waals surface area contributed by atoms with Crippen LogP contribution in [0.4, 0.5) is 0 Å². The van der Waals surface area contributed by atoms with Gasteiger partial charge in [-0.1, -0.05) is 36.8 Å². The molecule has 0 aliphatic carbocycles. The molecular weight excluding hydrogens is 248 g/mol. The molecule has 0 spiro atoms. The molecule has 1 saturated heterocycles. The highest BCUT2D eigenvalue weighted by Crippen LogP contribution is 2.17. The Bertz CT molecular complexity index is 363. The molecule has 112 valence electrons. The largest absolute Gasteiger partial charge is 0.395 e.